The second-order valence-corrected chi connectivity index (χ2v) is 10.0. The SMILES string of the molecule is C=CCC[C@H](c1c(-c2ccc(F)cc2)nc(N(C)S(C)(=O)=O)nc1C(C)C)C(O)(O)C(=O)O. The molecule has 0 bridgehead atoms. The fourth-order valence-corrected chi connectivity index (χ4v) is 3.73. The summed E-state index contributed by atoms with van der Waals surface area (Å²) >= 11 is 0. The topological polar surface area (TPSA) is 141 Å². The molecule has 0 spiro atoms. The molecule has 0 amide bonds. The Balaban J connectivity index is 3.00. The van der Waals surface area contributed by atoms with Crippen molar-refractivity contribution in [3.05, 3.63) is 54.0 Å². The summed E-state index contributed by atoms with van der Waals surface area (Å²) in [5, 5.41) is 30.7. The number of hydrogen-bond donors (Lipinski definition) is 3. The van der Waals surface area contributed by atoms with Crippen molar-refractivity contribution in [2.24, 2.45) is 0 Å². The molecule has 0 saturated carbocycles. The van der Waals surface area contributed by atoms with Gasteiger partial charge in [0.15, 0.2) is 0 Å². The zero-order chi connectivity index (χ0) is 25.1. The van der Waals surface area contributed by atoms with E-state index < -0.39 is 33.5 Å². The number of aromatic nitrogens is 2. The van der Waals surface area contributed by atoms with Gasteiger partial charge in [-0.2, -0.15) is 0 Å². The Morgan fingerprint density at radius 1 is 1.24 bits per heavy atom. The van der Waals surface area contributed by atoms with E-state index in [2.05, 4.69) is 16.5 Å². The molecule has 0 aliphatic carbocycles. The molecule has 11 heteroatoms. The third kappa shape index (κ3) is 5.73. The van der Waals surface area contributed by atoms with E-state index in [1.54, 1.807) is 13.8 Å². The number of carbonyl (C=O) groups is 1. The molecule has 1 atom stereocenters. The lowest BCUT2D eigenvalue weighted by Gasteiger charge is -2.32. The summed E-state index contributed by atoms with van der Waals surface area (Å²) in [5.74, 6) is -7.56. The molecule has 0 fully saturated rings. The van der Waals surface area contributed by atoms with Crippen LogP contribution in [-0.2, 0) is 14.8 Å². The highest BCUT2D eigenvalue weighted by Gasteiger charge is 2.46. The summed E-state index contributed by atoms with van der Waals surface area (Å²) in [5.41, 5.74) is 0.750. The Kier molecular flexibility index (Phi) is 7.94. The Labute approximate surface area is 192 Å². The van der Waals surface area contributed by atoms with Gasteiger partial charge in [0.25, 0.3) is 5.79 Å². The Morgan fingerprint density at radius 3 is 2.27 bits per heavy atom. The van der Waals surface area contributed by atoms with Crippen molar-refractivity contribution in [1.29, 1.82) is 0 Å². The van der Waals surface area contributed by atoms with E-state index in [0.717, 1.165) is 22.7 Å². The average Bonchev–Trinajstić information content (AvgIpc) is 2.72. The van der Waals surface area contributed by atoms with E-state index in [1.807, 2.05) is 0 Å². The Bertz CT molecular complexity index is 1130. The van der Waals surface area contributed by atoms with Crippen molar-refractivity contribution in [2.45, 2.75) is 44.3 Å². The zero-order valence-corrected chi connectivity index (χ0v) is 19.7. The lowest BCUT2D eigenvalue weighted by atomic mass is 9.81. The van der Waals surface area contributed by atoms with Gasteiger partial charge in [0, 0.05) is 18.2 Å². The van der Waals surface area contributed by atoms with E-state index in [-0.39, 0.29) is 41.7 Å². The van der Waals surface area contributed by atoms with Crippen LogP contribution < -0.4 is 4.31 Å². The minimum absolute atomic E-state index is 0.0265. The van der Waals surface area contributed by atoms with Gasteiger partial charge in [0.2, 0.25) is 16.0 Å². The molecular weight excluding hydrogens is 453 g/mol. The fraction of sp³-hybridized carbons (Fsp3) is 0.409. The number of hydrogen-bond acceptors (Lipinski definition) is 7. The number of aliphatic carboxylic acids is 1. The molecule has 0 unspecified atom stereocenters. The second-order valence-electron chi connectivity index (χ2n) is 8.01. The van der Waals surface area contributed by atoms with Gasteiger partial charge < -0.3 is 15.3 Å². The number of benzene rings is 1. The monoisotopic (exact) mass is 481 g/mol. The van der Waals surface area contributed by atoms with Crippen molar-refractivity contribution < 1.29 is 32.9 Å². The van der Waals surface area contributed by atoms with Crippen LogP contribution in [0.15, 0.2) is 36.9 Å². The molecule has 180 valence electrons. The van der Waals surface area contributed by atoms with E-state index in [9.17, 15) is 32.9 Å². The maximum Gasteiger partial charge on any atom is 0.364 e. The number of sulfonamides is 1. The number of carboxylic acid groups (broad SMARTS) is 1. The third-order valence-corrected chi connectivity index (χ3v) is 6.37. The number of rotatable bonds is 10. The highest BCUT2D eigenvalue weighted by Crippen LogP contribution is 2.41. The van der Waals surface area contributed by atoms with Crippen LogP contribution in [0.5, 0.6) is 0 Å². The molecule has 33 heavy (non-hydrogen) atoms. The molecule has 2 rings (SSSR count). The summed E-state index contributed by atoms with van der Waals surface area (Å²) < 4.78 is 38.7. The smallest absolute Gasteiger partial charge is 0.364 e. The number of nitrogens with zero attached hydrogens (tertiary/aromatic N) is 3. The predicted molar refractivity (Wildman–Crippen MR) is 122 cm³/mol. The van der Waals surface area contributed by atoms with E-state index in [1.165, 1.54) is 25.3 Å². The molecule has 9 nitrogen and oxygen atoms in total. The summed E-state index contributed by atoms with van der Waals surface area (Å²) in [4.78, 5) is 20.5. The van der Waals surface area contributed by atoms with Crippen LogP contribution in [0.25, 0.3) is 11.3 Å². The summed E-state index contributed by atoms with van der Waals surface area (Å²) in [7, 11) is -2.49. The molecule has 0 radical (unpaired) electrons. The molecule has 0 aliphatic rings. The largest absolute Gasteiger partial charge is 0.477 e. The van der Waals surface area contributed by atoms with E-state index in [4.69, 9.17) is 0 Å². The third-order valence-electron chi connectivity index (χ3n) is 5.22. The van der Waals surface area contributed by atoms with Gasteiger partial charge in [-0.15, -0.1) is 6.58 Å². The van der Waals surface area contributed by atoms with Gasteiger partial charge in [0.05, 0.1) is 23.6 Å². The van der Waals surface area contributed by atoms with Crippen LogP contribution in [0.3, 0.4) is 0 Å². The Morgan fingerprint density at radius 2 is 1.82 bits per heavy atom. The first-order valence-electron chi connectivity index (χ1n) is 10.1. The summed E-state index contributed by atoms with van der Waals surface area (Å²) in [6.07, 6.45) is 2.69. The lowest BCUT2D eigenvalue weighted by Crippen LogP contribution is -2.45. The number of anilines is 1. The zero-order valence-electron chi connectivity index (χ0n) is 18.9. The Hall–Kier alpha value is -2.89. The van der Waals surface area contributed by atoms with Crippen molar-refractivity contribution in [3.8, 4) is 11.3 Å². The van der Waals surface area contributed by atoms with Gasteiger partial charge >= 0.3 is 5.97 Å². The van der Waals surface area contributed by atoms with Gasteiger partial charge in [-0.1, -0.05) is 19.9 Å². The highest BCUT2D eigenvalue weighted by molar-refractivity contribution is 7.92. The van der Waals surface area contributed by atoms with Crippen LogP contribution in [0.4, 0.5) is 10.3 Å². The van der Waals surface area contributed by atoms with Crippen molar-refractivity contribution in [1.82, 2.24) is 9.97 Å². The van der Waals surface area contributed by atoms with E-state index in [0.29, 0.717) is 5.56 Å². The van der Waals surface area contributed by atoms with Crippen LogP contribution in [0.2, 0.25) is 0 Å². The van der Waals surface area contributed by atoms with Crippen LogP contribution in [0, 0.1) is 5.82 Å². The van der Waals surface area contributed by atoms with Crippen molar-refractivity contribution in [2.75, 3.05) is 17.6 Å². The minimum Gasteiger partial charge on any atom is -0.477 e. The molecule has 2 aromatic rings. The first-order valence-corrected chi connectivity index (χ1v) is 12.0. The van der Waals surface area contributed by atoms with Crippen LogP contribution in [-0.4, -0.2) is 58.8 Å². The maximum absolute atomic E-state index is 13.6. The van der Waals surface area contributed by atoms with Gasteiger partial charge in [-0.3, -0.25) is 0 Å². The van der Waals surface area contributed by atoms with Crippen molar-refractivity contribution in [3.63, 3.8) is 0 Å². The number of halogens is 1. The average molecular weight is 482 g/mol. The van der Waals surface area contributed by atoms with Gasteiger partial charge in [-0.25, -0.2) is 31.9 Å². The molecule has 1 heterocycles. The molecular formula is C22H28FN3O6S. The molecule has 1 aromatic heterocycles. The molecule has 1 aromatic carbocycles. The normalized spacial score (nSPS) is 13.1. The molecule has 0 aliphatic heterocycles. The second kappa shape index (κ2) is 9.94. The first kappa shape index (κ1) is 26.4. The summed E-state index contributed by atoms with van der Waals surface area (Å²) in [6.45, 7) is 7.09. The standard InChI is InChI=1S/C22H28FN3O6S/c1-6-7-8-16(22(29,30)20(27)28)17-18(13(2)3)24-21(26(4)33(5,31)32)25-19(17)14-9-11-15(23)12-10-14/h6,9-13,16,29-30H,1,7-8H2,2-5H3,(H,27,28)/t16-/m1/s1. The molecule has 0 saturated heterocycles. The van der Waals surface area contributed by atoms with E-state index >= 15 is 0 Å². The van der Waals surface area contributed by atoms with Crippen molar-refractivity contribution >= 4 is 21.9 Å². The highest BCUT2D eigenvalue weighted by atomic mass is 32.2. The number of carboxylic acids is 1. The maximum atomic E-state index is 13.6. The quantitative estimate of drug-likeness (QED) is 0.347. The predicted octanol–water partition coefficient (Wildman–Crippen LogP) is 2.62. The molecule has 3 N–H and O–H groups in total. The van der Waals surface area contributed by atoms with Crippen LogP contribution >= 0.6 is 0 Å². The number of aliphatic hydroxyl groups is 2. The minimum atomic E-state index is -3.75. The lowest BCUT2D eigenvalue weighted by molar-refractivity contribution is -0.212. The van der Waals surface area contributed by atoms with Gasteiger partial charge in [0.1, 0.15) is 5.82 Å². The number of allylic oxidation sites excluding steroid dienone is 1. The fourth-order valence-electron chi connectivity index (χ4n) is 3.36. The first-order chi connectivity index (χ1) is 15.2. The summed E-state index contributed by atoms with van der Waals surface area (Å²) in [6, 6.07) is 5.10. The van der Waals surface area contributed by atoms with Crippen LogP contribution in [0.1, 0.15) is 49.8 Å². The van der Waals surface area contributed by atoms with Gasteiger partial charge in [-0.05, 0) is 43.0 Å².